The Morgan fingerprint density at radius 3 is 2.55 bits per heavy atom. The van der Waals surface area contributed by atoms with Gasteiger partial charge in [0.2, 0.25) is 0 Å². The molecule has 2 aromatic carbocycles. The van der Waals surface area contributed by atoms with Gasteiger partial charge >= 0.3 is 5.97 Å². The Morgan fingerprint density at radius 2 is 1.81 bits per heavy atom. The fraction of sp³-hybridized carbons (Fsp3) is 0.217. The summed E-state index contributed by atoms with van der Waals surface area (Å²) in [5.41, 5.74) is 1.30. The number of fused-ring (bicyclic) bond motifs is 2. The highest BCUT2D eigenvalue weighted by atomic mass is 32.2. The van der Waals surface area contributed by atoms with Gasteiger partial charge in [-0.1, -0.05) is 42.1 Å². The maximum Gasteiger partial charge on any atom is 0.307 e. The Labute approximate surface area is 186 Å². The molecule has 2 aromatic heterocycles. The lowest BCUT2D eigenvalue weighted by molar-refractivity contribution is -0.140. The average molecular weight is 453 g/mol. The van der Waals surface area contributed by atoms with E-state index in [1.807, 2.05) is 37.3 Å². The number of rotatable bonds is 7. The van der Waals surface area contributed by atoms with Gasteiger partial charge in [0.15, 0.2) is 10.9 Å². The standard InChI is InChI=1S/C23H20N2O4S2/c1-14-15-7-4-6-10-19(15)31-21(14)18(26)13-30-23-24-17-9-5-3-8-16(17)22(28)25(23)12-11-20(27)29-2/h3-10H,11-13H2,1-2H3. The number of carbonyl (C=O) groups is 2. The largest absolute Gasteiger partial charge is 0.469 e. The number of ether oxygens (including phenoxy) is 1. The van der Waals surface area contributed by atoms with Crippen LogP contribution in [0.2, 0.25) is 0 Å². The summed E-state index contributed by atoms with van der Waals surface area (Å²) < 4.78 is 7.23. The zero-order valence-corrected chi connectivity index (χ0v) is 18.7. The molecule has 0 atom stereocenters. The summed E-state index contributed by atoms with van der Waals surface area (Å²) in [6.07, 6.45) is 0.0490. The van der Waals surface area contributed by atoms with E-state index in [0.29, 0.717) is 16.1 Å². The highest BCUT2D eigenvalue weighted by molar-refractivity contribution is 7.99. The van der Waals surface area contributed by atoms with E-state index < -0.39 is 5.97 Å². The molecule has 0 aliphatic carbocycles. The summed E-state index contributed by atoms with van der Waals surface area (Å²) in [6, 6.07) is 15.0. The van der Waals surface area contributed by atoms with Crippen molar-refractivity contribution in [3.05, 3.63) is 69.3 Å². The van der Waals surface area contributed by atoms with Crippen molar-refractivity contribution < 1.29 is 14.3 Å². The Bertz CT molecular complexity index is 1360. The Kier molecular flexibility index (Phi) is 6.20. The average Bonchev–Trinajstić information content (AvgIpc) is 3.13. The molecule has 6 nitrogen and oxygen atoms in total. The van der Waals surface area contributed by atoms with Gasteiger partial charge in [-0.25, -0.2) is 4.98 Å². The highest BCUT2D eigenvalue weighted by Crippen LogP contribution is 2.32. The SMILES string of the molecule is COC(=O)CCn1c(SCC(=O)c2sc3ccccc3c2C)nc2ccccc2c1=O. The number of thioether (sulfide) groups is 1. The molecule has 0 aliphatic heterocycles. The van der Waals surface area contributed by atoms with Crippen LogP contribution in [-0.2, 0) is 16.1 Å². The molecule has 2 heterocycles. The van der Waals surface area contributed by atoms with E-state index in [9.17, 15) is 14.4 Å². The molecule has 0 fully saturated rings. The summed E-state index contributed by atoms with van der Waals surface area (Å²) in [7, 11) is 1.31. The maximum absolute atomic E-state index is 13.0. The smallest absolute Gasteiger partial charge is 0.307 e. The molecule has 0 unspecified atom stereocenters. The minimum absolute atomic E-state index is 0.00868. The molecule has 8 heteroatoms. The molecule has 158 valence electrons. The van der Waals surface area contributed by atoms with Crippen molar-refractivity contribution in [3.63, 3.8) is 0 Å². The molecule has 0 saturated heterocycles. The molecule has 0 bridgehead atoms. The number of para-hydroxylation sites is 1. The van der Waals surface area contributed by atoms with Crippen LogP contribution in [0.3, 0.4) is 0 Å². The van der Waals surface area contributed by atoms with E-state index in [4.69, 9.17) is 4.74 Å². The summed E-state index contributed by atoms with van der Waals surface area (Å²) in [6.45, 7) is 2.10. The van der Waals surface area contributed by atoms with Gasteiger partial charge in [-0.15, -0.1) is 11.3 Å². The fourth-order valence-electron chi connectivity index (χ4n) is 3.40. The lowest BCUT2D eigenvalue weighted by Gasteiger charge is -2.12. The summed E-state index contributed by atoms with van der Waals surface area (Å²) >= 11 is 2.69. The second kappa shape index (κ2) is 9.03. The third-order valence-electron chi connectivity index (χ3n) is 5.02. The topological polar surface area (TPSA) is 78.3 Å². The molecule has 0 saturated carbocycles. The van der Waals surface area contributed by atoms with Gasteiger partial charge in [-0.2, -0.15) is 0 Å². The van der Waals surface area contributed by atoms with Crippen LogP contribution in [0.5, 0.6) is 0 Å². The quantitative estimate of drug-likeness (QED) is 0.178. The summed E-state index contributed by atoms with van der Waals surface area (Å²) in [5.74, 6) is -0.268. The zero-order chi connectivity index (χ0) is 22.0. The number of aromatic nitrogens is 2. The predicted octanol–water partition coefficient (Wildman–Crippen LogP) is 4.46. The molecule has 0 radical (unpaired) electrons. The van der Waals surface area contributed by atoms with Crippen LogP contribution in [0, 0.1) is 6.92 Å². The van der Waals surface area contributed by atoms with Crippen molar-refractivity contribution in [1.29, 1.82) is 0 Å². The number of esters is 1. The van der Waals surface area contributed by atoms with E-state index in [1.54, 1.807) is 18.2 Å². The molecule has 0 N–H and O–H groups in total. The molecule has 0 spiro atoms. The van der Waals surface area contributed by atoms with Gasteiger partial charge in [0.25, 0.3) is 5.56 Å². The Morgan fingerprint density at radius 1 is 1.10 bits per heavy atom. The molecular formula is C23H20N2O4S2. The predicted molar refractivity (Wildman–Crippen MR) is 124 cm³/mol. The van der Waals surface area contributed by atoms with Gasteiger partial charge in [0.05, 0.1) is 35.1 Å². The fourth-order valence-corrected chi connectivity index (χ4v) is 5.53. The van der Waals surface area contributed by atoms with Crippen LogP contribution in [0.4, 0.5) is 0 Å². The van der Waals surface area contributed by atoms with Gasteiger partial charge < -0.3 is 4.74 Å². The normalized spacial score (nSPS) is 11.2. The van der Waals surface area contributed by atoms with Crippen LogP contribution in [0.15, 0.2) is 58.5 Å². The minimum atomic E-state index is -0.409. The number of nitrogens with zero attached hydrogens (tertiary/aromatic N) is 2. The maximum atomic E-state index is 13.0. The third kappa shape index (κ3) is 4.26. The first-order valence-electron chi connectivity index (χ1n) is 9.70. The van der Waals surface area contributed by atoms with Gasteiger partial charge in [0.1, 0.15) is 0 Å². The Hall–Kier alpha value is -2.97. The van der Waals surface area contributed by atoms with Crippen LogP contribution < -0.4 is 5.56 Å². The molecule has 0 amide bonds. The highest BCUT2D eigenvalue weighted by Gasteiger charge is 2.18. The number of thiophene rings is 1. The first-order valence-corrected chi connectivity index (χ1v) is 11.5. The molecule has 4 aromatic rings. The van der Waals surface area contributed by atoms with Crippen LogP contribution in [-0.4, -0.2) is 34.2 Å². The lowest BCUT2D eigenvalue weighted by atomic mass is 10.1. The van der Waals surface area contributed by atoms with Crippen molar-refractivity contribution in [3.8, 4) is 0 Å². The Balaban J connectivity index is 1.64. The van der Waals surface area contributed by atoms with E-state index in [2.05, 4.69) is 4.98 Å². The van der Waals surface area contributed by atoms with E-state index >= 15 is 0 Å². The van der Waals surface area contributed by atoms with Crippen molar-refractivity contribution >= 4 is 55.8 Å². The molecule has 0 aliphatic rings. The van der Waals surface area contributed by atoms with Crippen LogP contribution in [0.25, 0.3) is 21.0 Å². The van der Waals surface area contributed by atoms with E-state index in [1.165, 1.54) is 34.8 Å². The molecule has 31 heavy (non-hydrogen) atoms. The number of methoxy groups -OCH3 is 1. The summed E-state index contributed by atoms with van der Waals surface area (Å²) in [4.78, 5) is 42.9. The van der Waals surface area contributed by atoms with Crippen LogP contribution in [0.1, 0.15) is 21.7 Å². The molecular weight excluding hydrogens is 432 g/mol. The van der Waals surface area contributed by atoms with E-state index in [0.717, 1.165) is 20.5 Å². The van der Waals surface area contributed by atoms with Crippen molar-refractivity contribution in [2.24, 2.45) is 0 Å². The van der Waals surface area contributed by atoms with Crippen molar-refractivity contribution in [2.75, 3.05) is 12.9 Å². The number of hydrogen-bond donors (Lipinski definition) is 0. The lowest BCUT2D eigenvalue weighted by Crippen LogP contribution is -2.25. The number of hydrogen-bond acceptors (Lipinski definition) is 7. The van der Waals surface area contributed by atoms with Gasteiger partial charge in [-0.05, 0) is 36.1 Å². The number of benzene rings is 2. The van der Waals surface area contributed by atoms with Crippen LogP contribution >= 0.6 is 23.1 Å². The number of aryl methyl sites for hydroxylation is 1. The second-order valence-corrected chi connectivity index (χ2v) is 8.95. The molecule has 4 rings (SSSR count). The first-order chi connectivity index (χ1) is 15.0. The summed E-state index contributed by atoms with van der Waals surface area (Å²) in [5, 5.41) is 1.97. The number of carbonyl (C=O) groups excluding carboxylic acids is 2. The van der Waals surface area contributed by atoms with E-state index in [-0.39, 0.29) is 30.1 Å². The van der Waals surface area contributed by atoms with Crippen molar-refractivity contribution in [2.45, 2.75) is 25.0 Å². The monoisotopic (exact) mass is 452 g/mol. The van der Waals surface area contributed by atoms with Crippen molar-refractivity contribution in [1.82, 2.24) is 9.55 Å². The third-order valence-corrected chi connectivity index (χ3v) is 7.31. The minimum Gasteiger partial charge on any atom is -0.469 e. The number of ketones is 1. The van der Waals surface area contributed by atoms with Gasteiger partial charge in [0, 0.05) is 11.2 Å². The first kappa shape index (κ1) is 21.3. The number of Topliss-reactive ketones (excluding diaryl/α,β-unsaturated/α-hetero) is 1. The zero-order valence-electron chi connectivity index (χ0n) is 17.1. The second-order valence-electron chi connectivity index (χ2n) is 6.96. The van der Waals surface area contributed by atoms with Gasteiger partial charge in [-0.3, -0.25) is 19.0 Å².